The van der Waals surface area contributed by atoms with Crippen LogP contribution in [0.2, 0.25) is 0 Å². The van der Waals surface area contributed by atoms with Gasteiger partial charge >= 0.3 is 12.2 Å². The molecule has 0 aliphatic heterocycles. The van der Waals surface area contributed by atoms with Gasteiger partial charge in [0, 0.05) is 39.0 Å². The normalized spacial score (nSPS) is 11.6. The fourth-order valence-electron chi connectivity index (χ4n) is 6.16. The zero-order valence-electron chi connectivity index (χ0n) is 36.5. The molecule has 0 saturated heterocycles. The number of aliphatic hydroxyl groups is 3. The number of hydrogen-bond donors (Lipinski definition) is 7. The molecule has 0 heterocycles. The lowest BCUT2D eigenvalue weighted by Crippen LogP contribution is -2.40. The summed E-state index contributed by atoms with van der Waals surface area (Å²) in [6.07, 6.45) is -3.09. The third-order valence-corrected chi connectivity index (χ3v) is 9.61. The topological polar surface area (TPSA) is 223 Å². The number of carbonyl (C=O) groups excluding carboxylic acids is 4. The smallest absolute Gasteiger partial charge is 0.407 e. The van der Waals surface area contributed by atoms with Crippen LogP contribution < -0.4 is 30.7 Å². The Labute approximate surface area is 378 Å². The molecule has 5 aromatic carbocycles. The van der Waals surface area contributed by atoms with Crippen LogP contribution in [0.25, 0.3) is 0 Å². The van der Waals surface area contributed by atoms with Crippen molar-refractivity contribution in [3.8, 4) is 11.5 Å². The molecule has 0 radical (unpaired) electrons. The number of methoxy groups -OCH3 is 2. The molecule has 2 atom stereocenters. The molecule has 0 fully saturated rings. The van der Waals surface area contributed by atoms with E-state index in [1.54, 1.807) is 14.2 Å². The average molecular weight is 895 g/mol. The molecule has 0 aromatic heterocycles. The number of aliphatic hydroxyl groups excluding tert-OH is 3. The molecule has 16 heteroatoms. The van der Waals surface area contributed by atoms with Crippen molar-refractivity contribution in [2.75, 3.05) is 53.6 Å². The second-order valence-corrected chi connectivity index (χ2v) is 14.4. The first-order chi connectivity index (χ1) is 31.6. The lowest BCUT2D eigenvalue weighted by atomic mass is 9.80. The lowest BCUT2D eigenvalue weighted by Gasteiger charge is -2.36. The van der Waals surface area contributed by atoms with Crippen LogP contribution in [0.1, 0.15) is 40.7 Å². The van der Waals surface area contributed by atoms with Gasteiger partial charge in [0.1, 0.15) is 30.3 Å². The van der Waals surface area contributed by atoms with Crippen LogP contribution in [0.5, 0.6) is 11.5 Å². The number of hydrogen-bond acceptors (Lipinski definition) is 12. The van der Waals surface area contributed by atoms with E-state index >= 15 is 0 Å². The summed E-state index contributed by atoms with van der Waals surface area (Å²) in [6, 6.07) is 43.5. The van der Waals surface area contributed by atoms with Crippen LogP contribution in [0.3, 0.4) is 0 Å². The van der Waals surface area contributed by atoms with E-state index in [2.05, 4.69) is 21.3 Å². The fourth-order valence-corrected chi connectivity index (χ4v) is 6.16. The highest BCUT2D eigenvalue weighted by atomic mass is 16.6. The maximum absolute atomic E-state index is 12.4. The number of nitrogens with one attached hydrogen (secondary N) is 4. The minimum atomic E-state index is -1.09. The first-order valence-corrected chi connectivity index (χ1v) is 20.9. The fraction of sp³-hybridized carbons (Fsp3) is 0.306. The van der Waals surface area contributed by atoms with E-state index in [9.17, 15) is 24.3 Å². The molecule has 0 bridgehead atoms. The number of alkyl carbamates (subject to hydrolysis) is 2. The minimum absolute atomic E-state index is 0.0201. The maximum atomic E-state index is 12.4. The van der Waals surface area contributed by atoms with Gasteiger partial charge in [0.2, 0.25) is 11.8 Å². The highest BCUT2D eigenvalue weighted by Gasteiger charge is 2.38. The van der Waals surface area contributed by atoms with Crippen molar-refractivity contribution in [3.05, 3.63) is 167 Å². The predicted octanol–water partition coefficient (Wildman–Crippen LogP) is 4.58. The van der Waals surface area contributed by atoms with Crippen LogP contribution in [-0.2, 0) is 42.6 Å². The first kappa shape index (κ1) is 50.7. The molecular weight excluding hydrogens is 837 g/mol. The van der Waals surface area contributed by atoms with Crippen LogP contribution in [0, 0.1) is 0 Å². The Morgan fingerprint density at radius 1 is 0.523 bits per heavy atom. The lowest BCUT2D eigenvalue weighted by molar-refractivity contribution is -0.122. The molecule has 65 heavy (non-hydrogen) atoms. The Bertz CT molecular complexity index is 2100. The van der Waals surface area contributed by atoms with Gasteiger partial charge in [-0.2, -0.15) is 0 Å². The Morgan fingerprint density at radius 3 is 1.31 bits per heavy atom. The van der Waals surface area contributed by atoms with Gasteiger partial charge in [-0.05, 0) is 52.1 Å². The summed E-state index contributed by atoms with van der Waals surface area (Å²) in [4.78, 5) is 47.0. The van der Waals surface area contributed by atoms with Crippen LogP contribution in [0.4, 0.5) is 9.59 Å². The molecule has 2 unspecified atom stereocenters. The third kappa shape index (κ3) is 17.6. The van der Waals surface area contributed by atoms with Gasteiger partial charge in [-0.15, -0.1) is 0 Å². The van der Waals surface area contributed by atoms with Crippen molar-refractivity contribution in [1.29, 1.82) is 0 Å². The molecule has 16 nitrogen and oxygen atoms in total. The number of amides is 4. The molecule has 0 aliphatic carbocycles. The zero-order valence-corrected chi connectivity index (χ0v) is 36.5. The molecule has 346 valence electrons. The summed E-state index contributed by atoms with van der Waals surface area (Å²) in [7, 11) is 3.22. The molecule has 0 saturated carbocycles. The van der Waals surface area contributed by atoms with Crippen molar-refractivity contribution in [3.63, 3.8) is 0 Å². The predicted molar refractivity (Wildman–Crippen MR) is 242 cm³/mol. The molecule has 4 amide bonds. The maximum Gasteiger partial charge on any atom is 0.407 e. The summed E-state index contributed by atoms with van der Waals surface area (Å²) in [5.74, 6) is 0.747. The van der Waals surface area contributed by atoms with Crippen molar-refractivity contribution in [1.82, 2.24) is 21.3 Å². The average Bonchev–Trinajstić information content (AvgIpc) is 3.35. The van der Waals surface area contributed by atoms with Crippen molar-refractivity contribution >= 4 is 24.0 Å². The highest BCUT2D eigenvalue weighted by molar-refractivity contribution is 5.77. The minimum Gasteiger partial charge on any atom is -0.497 e. The Hall–Kier alpha value is -6.98. The molecule has 5 rings (SSSR count). The van der Waals surface area contributed by atoms with E-state index in [-0.39, 0.29) is 70.7 Å². The Kier molecular flexibility index (Phi) is 21.8. The van der Waals surface area contributed by atoms with Crippen LogP contribution in [-0.4, -0.2) is 105 Å². The van der Waals surface area contributed by atoms with Gasteiger partial charge in [0.15, 0.2) is 0 Å². The van der Waals surface area contributed by atoms with E-state index in [4.69, 9.17) is 33.9 Å². The van der Waals surface area contributed by atoms with Gasteiger partial charge in [0.05, 0.1) is 39.6 Å². The third-order valence-electron chi connectivity index (χ3n) is 9.61. The van der Waals surface area contributed by atoms with Gasteiger partial charge in [0.25, 0.3) is 0 Å². The van der Waals surface area contributed by atoms with Crippen molar-refractivity contribution < 1.29 is 58.2 Å². The molecule has 7 N–H and O–H groups in total. The van der Waals surface area contributed by atoms with Gasteiger partial charge < -0.3 is 60.3 Å². The van der Waals surface area contributed by atoms with E-state index in [0.29, 0.717) is 11.5 Å². The van der Waals surface area contributed by atoms with E-state index in [1.807, 2.05) is 140 Å². The summed E-state index contributed by atoms with van der Waals surface area (Å²) >= 11 is 0. The standard InChI is InChI=1S/C35H38N2O7.C14H20N2O5/c1-41-31-17-13-28(14-18-31)35(27-11-7-4-8-12-27,29-15-19-32(42-2)20-16-29)44-25-30(38)23-37-33(39)21-22-36-34(40)43-24-26-9-5-3-6-10-26;17-9-12(18)8-16-13(19)6-7-15-14(20)21-10-11-4-2-1-3-5-11/h3-20,30,38H,21-25H2,1-2H3,(H,36,40)(H,37,39);1-5,12,17-18H,6-10H2,(H,15,20)(H,16,19). The van der Waals surface area contributed by atoms with Crippen LogP contribution in [0.15, 0.2) is 140 Å². The largest absolute Gasteiger partial charge is 0.497 e. The molecule has 0 aliphatic rings. The summed E-state index contributed by atoms with van der Waals surface area (Å²) in [5, 5.41) is 38.6. The molecule has 5 aromatic rings. The first-order valence-electron chi connectivity index (χ1n) is 20.9. The Balaban J connectivity index is 0.000000369. The number of ether oxygens (including phenoxy) is 5. The van der Waals surface area contributed by atoms with Gasteiger partial charge in [-0.3, -0.25) is 9.59 Å². The zero-order chi connectivity index (χ0) is 46.7. The van der Waals surface area contributed by atoms with Crippen molar-refractivity contribution in [2.24, 2.45) is 0 Å². The van der Waals surface area contributed by atoms with Crippen molar-refractivity contribution in [2.45, 2.75) is 43.9 Å². The Morgan fingerprint density at radius 2 is 0.908 bits per heavy atom. The van der Waals surface area contributed by atoms with Gasteiger partial charge in [-0.1, -0.05) is 115 Å². The summed E-state index contributed by atoms with van der Waals surface area (Å²) < 4.78 is 27.5. The number of rotatable bonds is 23. The van der Waals surface area contributed by atoms with E-state index < -0.39 is 36.6 Å². The highest BCUT2D eigenvalue weighted by Crippen LogP contribution is 2.41. The quantitative estimate of drug-likeness (QED) is 0.0448. The summed E-state index contributed by atoms with van der Waals surface area (Å²) in [6.45, 7) is -0.0141. The number of benzene rings is 5. The summed E-state index contributed by atoms with van der Waals surface area (Å²) in [5.41, 5.74) is 3.17. The second kappa shape index (κ2) is 27.9. The monoisotopic (exact) mass is 894 g/mol. The number of carbonyl (C=O) groups is 4. The molecule has 0 spiro atoms. The van der Waals surface area contributed by atoms with Gasteiger partial charge in [-0.25, -0.2) is 9.59 Å². The van der Waals surface area contributed by atoms with E-state index in [0.717, 1.165) is 27.8 Å². The molecular formula is C49H58N4O12. The van der Waals surface area contributed by atoms with E-state index in [1.165, 1.54) is 0 Å². The SMILES string of the molecule is COc1ccc(C(OCC(O)CNC(=O)CCNC(=O)OCc2ccccc2)(c2ccccc2)c2ccc(OC)cc2)cc1.O=C(CCNC(=O)OCc1ccccc1)NCC(O)CO. The second-order valence-electron chi connectivity index (χ2n) is 14.4. The van der Waals surface area contributed by atoms with Crippen LogP contribution >= 0.6 is 0 Å².